The SMILES string of the molecule is COC(=O)/C=C/S(=O)(=O)C1CCOCC1. The number of sulfone groups is 1. The number of carbonyl (C=O) groups excluding carboxylic acids is 1. The van der Waals surface area contributed by atoms with Gasteiger partial charge in [-0.25, -0.2) is 13.2 Å². The summed E-state index contributed by atoms with van der Waals surface area (Å²) in [5, 5.41) is 0.488. The Kier molecular flexibility index (Phi) is 4.28. The van der Waals surface area contributed by atoms with Gasteiger partial charge in [-0.2, -0.15) is 0 Å². The second-order valence-corrected chi connectivity index (χ2v) is 5.34. The molecular formula is C9H14O5S. The van der Waals surface area contributed by atoms with E-state index in [1.54, 1.807) is 0 Å². The average molecular weight is 234 g/mol. The van der Waals surface area contributed by atoms with Gasteiger partial charge in [0.2, 0.25) is 0 Å². The lowest BCUT2D eigenvalue weighted by atomic mass is 10.2. The predicted molar refractivity (Wildman–Crippen MR) is 53.9 cm³/mol. The van der Waals surface area contributed by atoms with E-state index in [-0.39, 0.29) is 0 Å². The molecule has 0 amide bonds. The van der Waals surface area contributed by atoms with Gasteiger partial charge in [0.05, 0.1) is 12.4 Å². The molecule has 1 aliphatic heterocycles. The Morgan fingerprint density at radius 3 is 2.53 bits per heavy atom. The summed E-state index contributed by atoms with van der Waals surface area (Å²) >= 11 is 0. The summed E-state index contributed by atoms with van der Waals surface area (Å²) in [6.45, 7) is 0.909. The molecule has 1 saturated heterocycles. The third-order valence-corrected chi connectivity index (χ3v) is 4.14. The van der Waals surface area contributed by atoms with E-state index in [0.717, 1.165) is 11.5 Å². The Balaban J connectivity index is 2.65. The monoisotopic (exact) mass is 234 g/mol. The Morgan fingerprint density at radius 2 is 2.00 bits per heavy atom. The van der Waals surface area contributed by atoms with Crippen molar-refractivity contribution >= 4 is 15.8 Å². The van der Waals surface area contributed by atoms with Crippen molar-refractivity contribution in [3.8, 4) is 0 Å². The molecule has 0 saturated carbocycles. The highest BCUT2D eigenvalue weighted by atomic mass is 32.2. The van der Waals surface area contributed by atoms with Crippen LogP contribution >= 0.6 is 0 Å². The van der Waals surface area contributed by atoms with Gasteiger partial charge in [0.15, 0.2) is 9.84 Å². The topological polar surface area (TPSA) is 69.7 Å². The highest BCUT2D eigenvalue weighted by Gasteiger charge is 2.25. The minimum absolute atomic E-state index is 0.438. The first kappa shape index (κ1) is 12.2. The van der Waals surface area contributed by atoms with E-state index < -0.39 is 21.1 Å². The van der Waals surface area contributed by atoms with Crippen molar-refractivity contribution in [1.82, 2.24) is 0 Å². The molecule has 0 atom stereocenters. The zero-order chi connectivity index (χ0) is 11.3. The van der Waals surface area contributed by atoms with Crippen LogP contribution in [0.5, 0.6) is 0 Å². The van der Waals surface area contributed by atoms with Crippen LogP contribution in [0.4, 0.5) is 0 Å². The number of rotatable bonds is 3. The maximum absolute atomic E-state index is 11.7. The van der Waals surface area contributed by atoms with Gasteiger partial charge in [-0.1, -0.05) is 0 Å². The molecule has 5 nitrogen and oxygen atoms in total. The summed E-state index contributed by atoms with van der Waals surface area (Å²) in [6, 6.07) is 0. The minimum atomic E-state index is -3.35. The van der Waals surface area contributed by atoms with Crippen molar-refractivity contribution in [3.05, 3.63) is 11.5 Å². The molecule has 0 spiro atoms. The van der Waals surface area contributed by atoms with Gasteiger partial charge in [0, 0.05) is 24.7 Å². The summed E-state index contributed by atoms with van der Waals surface area (Å²) in [4.78, 5) is 10.7. The molecule has 1 rings (SSSR count). The normalized spacial score (nSPS) is 19.3. The molecule has 0 aromatic rings. The van der Waals surface area contributed by atoms with E-state index in [2.05, 4.69) is 4.74 Å². The zero-order valence-corrected chi connectivity index (χ0v) is 9.33. The average Bonchev–Trinajstić information content (AvgIpc) is 2.27. The van der Waals surface area contributed by atoms with E-state index >= 15 is 0 Å². The molecule has 0 N–H and O–H groups in total. The van der Waals surface area contributed by atoms with Crippen LogP contribution in [-0.4, -0.2) is 40.0 Å². The van der Waals surface area contributed by atoms with Crippen molar-refractivity contribution in [1.29, 1.82) is 0 Å². The fourth-order valence-electron chi connectivity index (χ4n) is 1.33. The predicted octanol–water partition coefficient (Wildman–Crippen LogP) is 0.267. The van der Waals surface area contributed by atoms with Crippen LogP contribution in [0.25, 0.3) is 0 Å². The van der Waals surface area contributed by atoms with Gasteiger partial charge in [-0.15, -0.1) is 0 Å². The fraction of sp³-hybridized carbons (Fsp3) is 0.667. The van der Waals surface area contributed by atoms with Crippen LogP contribution in [0.3, 0.4) is 0 Å². The summed E-state index contributed by atoms with van der Waals surface area (Å²) in [7, 11) is -2.15. The molecule has 0 unspecified atom stereocenters. The van der Waals surface area contributed by atoms with Gasteiger partial charge in [0.25, 0.3) is 0 Å². The van der Waals surface area contributed by atoms with Crippen molar-refractivity contribution < 1.29 is 22.7 Å². The first-order valence-electron chi connectivity index (χ1n) is 4.64. The number of ether oxygens (including phenoxy) is 2. The second kappa shape index (κ2) is 5.27. The van der Waals surface area contributed by atoms with Crippen LogP contribution < -0.4 is 0 Å². The van der Waals surface area contributed by atoms with Crippen molar-refractivity contribution in [2.75, 3.05) is 20.3 Å². The van der Waals surface area contributed by atoms with Crippen LogP contribution in [0.15, 0.2) is 11.5 Å². The van der Waals surface area contributed by atoms with Gasteiger partial charge in [0.1, 0.15) is 0 Å². The lowest BCUT2D eigenvalue weighted by Gasteiger charge is -2.20. The largest absolute Gasteiger partial charge is 0.466 e. The quantitative estimate of drug-likeness (QED) is 0.517. The van der Waals surface area contributed by atoms with Crippen LogP contribution in [0.2, 0.25) is 0 Å². The minimum Gasteiger partial charge on any atom is -0.466 e. The molecule has 1 heterocycles. The van der Waals surface area contributed by atoms with E-state index in [4.69, 9.17) is 4.74 Å². The third kappa shape index (κ3) is 3.64. The molecule has 1 aliphatic rings. The molecule has 0 aliphatic carbocycles. The van der Waals surface area contributed by atoms with Crippen LogP contribution in [0.1, 0.15) is 12.8 Å². The molecule has 86 valence electrons. The summed E-state index contributed by atoms with van der Waals surface area (Å²) in [5.41, 5.74) is 0. The number of carbonyl (C=O) groups is 1. The van der Waals surface area contributed by atoms with E-state index in [1.165, 1.54) is 7.11 Å². The van der Waals surface area contributed by atoms with Gasteiger partial charge in [-0.05, 0) is 12.8 Å². The van der Waals surface area contributed by atoms with Gasteiger partial charge >= 0.3 is 5.97 Å². The van der Waals surface area contributed by atoms with Crippen molar-refractivity contribution in [3.63, 3.8) is 0 Å². The molecular weight excluding hydrogens is 220 g/mol. The fourth-order valence-corrected chi connectivity index (χ4v) is 2.71. The molecule has 6 heteroatoms. The van der Waals surface area contributed by atoms with E-state index in [1.807, 2.05) is 0 Å². The van der Waals surface area contributed by atoms with E-state index in [9.17, 15) is 13.2 Å². The highest BCUT2D eigenvalue weighted by Crippen LogP contribution is 2.17. The molecule has 0 radical (unpaired) electrons. The first-order chi connectivity index (χ1) is 7.06. The first-order valence-corrected chi connectivity index (χ1v) is 6.25. The van der Waals surface area contributed by atoms with E-state index in [0.29, 0.717) is 26.1 Å². The van der Waals surface area contributed by atoms with Crippen molar-refractivity contribution in [2.45, 2.75) is 18.1 Å². The maximum atomic E-state index is 11.7. The van der Waals surface area contributed by atoms with Crippen molar-refractivity contribution in [2.24, 2.45) is 0 Å². The number of esters is 1. The Bertz CT molecular complexity index is 338. The summed E-state index contributed by atoms with van der Waals surface area (Å²) in [6.07, 6.45) is 1.90. The Labute approximate surface area is 89.0 Å². The summed E-state index contributed by atoms with van der Waals surface area (Å²) < 4.78 is 32.7. The molecule has 0 aromatic carbocycles. The zero-order valence-electron chi connectivity index (χ0n) is 8.51. The smallest absolute Gasteiger partial charge is 0.331 e. The Hall–Kier alpha value is -0.880. The lowest BCUT2D eigenvalue weighted by molar-refractivity contribution is -0.134. The second-order valence-electron chi connectivity index (χ2n) is 3.23. The lowest BCUT2D eigenvalue weighted by Crippen LogP contribution is -2.27. The van der Waals surface area contributed by atoms with Crippen LogP contribution in [0, 0.1) is 0 Å². The molecule has 0 bridgehead atoms. The Morgan fingerprint density at radius 1 is 1.40 bits per heavy atom. The number of methoxy groups -OCH3 is 1. The van der Waals surface area contributed by atoms with Gasteiger partial charge in [-0.3, -0.25) is 0 Å². The molecule has 15 heavy (non-hydrogen) atoms. The molecule has 0 aromatic heterocycles. The number of hydrogen-bond acceptors (Lipinski definition) is 5. The number of hydrogen-bond donors (Lipinski definition) is 0. The third-order valence-electron chi connectivity index (χ3n) is 2.23. The van der Waals surface area contributed by atoms with Gasteiger partial charge < -0.3 is 9.47 Å². The highest BCUT2D eigenvalue weighted by molar-refractivity contribution is 7.94. The molecule has 1 fully saturated rings. The maximum Gasteiger partial charge on any atom is 0.331 e. The summed E-state index contributed by atoms with van der Waals surface area (Å²) in [5.74, 6) is -0.661. The standard InChI is InChI=1S/C9H14O5S/c1-13-9(10)4-7-15(11,12)8-2-5-14-6-3-8/h4,7-8H,2-3,5-6H2,1H3/b7-4+. The van der Waals surface area contributed by atoms with Crippen LogP contribution in [-0.2, 0) is 24.1 Å².